The molecule has 0 radical (unpaired) electrons. The molecule has 0 saturated carbocycles. The van der Waals surface area contributed by atoms with E-state index in [0.29, 0.717) is 6.54 Å². The fraction of sp³-hybridized carbons (Fsp3) is 0.467. The average molecular weight is 386 g/mol. The number of hydrogen-bond donors (Lipinski definition) is 5. The zero-order chi connectivity index (χ0) is 18.0. The Morgan fingerprint density at radius 1 is 1.24 bits per heavy atom. The lowest BCUT2D eigenvalue weighted by Crippen LogP contribution is -2.55. The molecule has 1 saturated heterocycles. The van der Waals surface area contributed by atoms with Crippen molar-refractivity contribution in [3.8, 4) is 0 Å². The van der Waals surface area contributed by atoms with Gasteiger partial charge in [0.25, 0.3) is 5.91 Å². The maximum absolute atomic E-state index is 12.2. The minimum absolute atomic E-state index is 0.175. The fourth-order valence-corrected chi connectivity index (χ4v) is 4.02. The predicted octanol–water partition coefficient (Wildman–Crippen LogP) is -0.351. The Balaban J connectivity index is 1.68. The lowest BCUT2D eigenvalue weighted by Gasteiger charge is -2.39. The molecule has 3 rings (SSSR count). The van der Waals surface area contributed by atoms with Gasteiger partial charge in [-0.15, -0.1) is 22.7 Å². The molecule has 0 unspecified atom stereocenters. The molecule has 2 aromatic heterocycles. The van der Waals surface area contributed by atoms with Crippen LogP contribution in [-0.2, 0) is 11.3 Å². The van der Waals surface area contributed by atoms with Gasteiger partial charge in [-0.3, -0.25) is 4.79 Å². The van der Waals surface area contributed by atoms with Gasteiger partial charge < -0.3 is 30.5 Å². The SMILES string of the molecule is O=C(NCc1cccs1)c1csc([C@@H]2O[C@H](CO)[C@H](O)[C@H](O)[C@H]2O)n1. The van der Waals surface area contributed by atoms with Gasteiger partial charge in [0.15, 0.2) is 0 Å². The van der Waals surface area contributed by atoms with E-state index >= 15 is 0 Å². The highest BCUT2D eigenvalue weighted by Crippen LogP contribution is 2.33. The van der Waals surface area contributed by atoms with Crippen LogP contribution in [0.5, 0.6) is 0 Å². The summed E-state index contributed by atoms with van der Waals surface area (Å²) in [7, 11) is 0. The van der Waals surface area contributed by atoms with Crippen LogP contribution < -0.4 is 5.32 Å². The van der Waals surface area contributed by atoms with E-state index in [1.807, 2.05) is 17.5 Å². The van der Waals surface area contributed by atoms with Gasteiger partial charge in [-0.2, -0.15) is 0 Å². The van der Waals surface area contributed by atoms with Gasteiger partial charge in [0.05, 0.1) is 13.2 Å². The Bertz CT molecular complexity index is 705. The first-order valence-electron chi connectivity index (χ1n) is 7.57. The van der Waals surface area contributed by atoms with Gasteiger partial charge in [0, 0.05) is 10.3 Å². The van der Waals surface area contributed by atoms with E-state index < -0.39 is 37.1 Å². The van der Waals surface area contributed by atoms with Gasteiger partial charge >= 0.3 is 0 Å². The number of thiazole rings is 1. The van der Waals surface area contributed by atoms with Crippen molar-refractivity contribution in [2.75, 3.05) is 6.61 Å². The number of nitrogens with one attached hydrogen (secondary N) is 1. The number of amides is 1. The lowest BCUT2D eigenvalue weighted by atomic mass is 9.95. The standard InChI is InChI=1S/C15H18N2O6S2/c18-5-9-10(19)11(20)12(21)13(23-9)15-17-8(6-25-15)14(22)16-4-7-2-1-3-24-7/h1-3,6,9-13,18-21H,4-5H2,(H,16,22)/t9-,10+,11+,12-,13-/m1/s1. The molecule has 0 aromatic carbocycles. The minimum Gasteiger partial charge on any atom is -0.394 e. The summed E-state index contributed by atoms with van der Waals surface area (Å²) < 4.78 is 5.44. The summed E-state index contributed by atoms with van der Waals surface area (Å²) in [6.07, 6.45) is -6.35. The van der Waals surface area contributed by atoms with E-state index in [2.05, 4.69) is 10.3 Å². The highest BCUT2D eigenvalue weighted by molar-refractivity contribution is 7.10. The van der Waals surface area contributed by atoms with E-state index in [4.69, 9.17) is 4.74 Å². The Hall–Kier alpha value is -1.40. The molecule has 1 amide bonds. The molecule has 3 heterocycles. The first-order valence-corrected chi connectivity index (χ1v) is 9.33. The zero-order valence-electron chi connectivity index (χ0n) is 13.0. The number of rotatable bonds is 5. The van der Waals surface area contributed by atoms with Gasteiger partial charge in [0.1, 0.15) is 41.2 Å². The van der Waals surface area contributed by atoms with Crippen LogP contribution in [0.4, 0.5) is 0 Å². The topological polar surface area (TPSA) is 132 Å². The molecule has 1 aliphatic rings. The van der Waals surface area contributed by atoms with Crippen LogP contribution >= 0.6 is 22.7 Å². The van der Waals surface area contributed by atoms with Gasteiger partial charge in [-0.25, -0.2) is 4.98 Å². The number of carbonyl (C=O) groups is 1. The molecule has 10 heteroatoms. The molecule has 0 bridgehead atoms. The summed E-state index contributed by atoms with van der Waals surface area (Å²) in [6, 6.07) is 3.80. The summed E-state index contributed by atoms with van der Waals surface area (Å²) in [5.74, 6) is -0.361. The van der Waals surface area contributed by atoms with Crippen molar-refractivity contribution in [2.45, 2.75) is 37.1 Å². The molecule has 1 aliphatic heterocycles. The second-order valence-corrected chi connectivity index (χ2v) is 7.50. The predicted molar refractivity (Wildman–Crippen MR) is 90.3 cm³/mol. The molecular weight excluding hydrogens is 368 g/mol. The van der Waals surface area contributed by atoms with Crippen LogP contribution in [0.1, 0.15) is 26.5 Å². The van der Waals surface area contributed by atoms with Crippen molar-refractivity contribution in [1.29, 1.82) is 0 Å². The quantitative estimate of drug-likeness (QED) is 0.474. The van der Waals surface area contributed by atoms with Gasteiger partial charge in [-0.1, -0.05) is 6.07 Å². The number of ether oxygens (including phenoxy) is 1. The number of aliphatic hydroxyl groups is 4. The average Bonchev–Trinajstić information content (AvgIpc) is 3.29. The van der Waals surface area contributed by atoms with E-state index in [1.165, 1.54) is 16.7 Å². The Morgan fingerprint density at radius 2 is 2.04 bits per heavy atom. The van der Waals surface area contributed by atoms with E-state index in [0.717, 1.165) is 16.2 Å². The van der Waals surface area contributed by atoms with Gasteiger partial charge in [-0.05, 0) is 11.4 Å². The number of aromatic nitrogens is 1. The minimum atomic E-state index is -1.48. The zero-order valence-corrected chi connectivity index (χ0v) is 14.6. The molecule has 25 heavy (non-hydrogen) atoms. The van der Waals surface area contributed by atoms with E-state index in [9.17, 15) is 25.2 Å². The molecule has 0 spiro atoms. The van der Waals surface area contributed by atoms with E-state index in [1.54, 1.807) is 0 Å². The van der Waals surface area contributed by atoms with Crippen molar-refractivity contribution in [2.24, 2.45) is 0 Å². The summed E-state index contributed by atoms with van der Waals surface area (Å²) in [5, 5.41) is 45.5. The number of aliphatic hydroxyl groups excluding tert-OH is 4. The summed E-state index contributed by atoms with van der Waals surface area (Å²) in [6.45, 7) is -0.121. The lowest BCUT2D eigenvalue weighted by molar-refractivity contribution is -0.231. The largest absolute Gasteiger partial charge is 0.394 e. The third-order valence-corrected chi connectivity index (χ3v) is 5.68. The Morgan fingerprint density at radius 3 is 2.72 bits per heavy atom. The van der Waals surface area contributed by atoms with Crippen molar-refractivity contribution >= 4 is 28.6 Å². The number of nitrogens with zero attached hydrogens (tertiary/aromatic N) is 1. The van der Waals surface area contributed by atoms with Crippen molar-refractivity contribution in [1.82, 2.24) is 10.3 Å². The third-order valence-electron chi connectivity index (χ3n) is 3.89. The highest BCUT2D eigenvalue weighted by atomic mass is 32.1. The first-order chi connectivity index (χ1) is 12.0. The van der Waals surface area contributed by atoms with Gasteiger partial charge in [0.2, 0.25) is 0 Å². The third kappa shape index (κ3) is 3.90. The number of carbonyl (C=O) groups excluding carboxylic acids is 1. The summed E-state index contributed by atoms with van der Waals surface area (Å²) in [5.41, 5.74) is 0.175. The number of hydrogen-bond acceptors (Lipinski definition) is 9. The first kappa shape index (κ1) is 18.4. The van der Waals surface area contributed by atoms with Crippen LogP contribution in [0.3, 0.4) is 0 Å². The van der Waals surface area contributed by atoms with Crippen molar-refractivity contribution in [3.63, 3.8) is 0 Å². The molecule has 8 nitrogen and oxygen atoms in total. The maximum Gasteiger partial charge on any atom is 0.271 e. The Labute approximate surface area is 151 Å². The monoisotopic (exact) mass is 386 g/mol. The molecular formula is C15H18N2O6S2. The summed E-state index contributed by atoms with van der Waals surface area (Å²) in [4.78, 5) is 17.3. The molecule has 1 fully saturated rings. The smallest absolute Gasteiger partial charge is 0.271 e. The van der Waals surface area contributed by atoms with E-state index in [-0.39, 0.29) is 16.6 Å². The highest BCUT2D eigenvalue weighted by Gasteiger charge is 2.45. The molecule has 0 aliphatic carbocycles. The molecule has 5 atom stereocenters. The second-order valence-electron chi connectivity index (χ2n) is 5.58. The van der Waals surface area contributed by atoms with Crippen LogP contribution in [0, 0.1) is 0 Å². The normalized spacial score (nSPS) is 29.5. The van der Waals surface area contributed by atoms with Crippen molar-refractivity contribution in [3.05, 3.63) is 38.5 Å². The molecule has 2 aromatic rings. The molecule has 5 N–H and O–H groups in total. The van der Waals surface area contributed by atoms with Crippen LogP contribution in [0.15, 0.2) is 22.9 Å². The number of thiophene rings is 1. The fourth-order valence-electron chi connectivity index (χ4n) is 2.50. The maximum atomic E-state index is 12.2. The Kier molecular flexibility index (Phi) is 5.79. The molecule has 136 valence electrons. The van der Waals surface area contributed by atoms with Crippen molar-refractivity contribution < 1.29 is 30.0 Å². The van der Waals surface area contributed by atoms with Crippen LogP contribution in [-0.4, -0.2) is 62.3 Å². The van der Waals surface area contributed by atoms with Crippen LogP contribution in [0.2, 0.25) is 0 Å². The van der Waals surface area contributed by atoms with Crippen LogP contribution in [0.25, 0.3) is 0 Å². The summed E-state index contributed by atoms with van der Waals surface area (Å²) >= 11 is 2.63. The second kappa shape index (κ2) is 7.87.